The van der Waals surface area contributed by atoms with Crippen LogP contribution >= 0.6 is 11.6 Å². The molecule has 0 atom stereocenters. The average molecular weight is 266 g/mol. The lowest BCUT2D eigenvalue weighted by Crippen LogP contribution is -2.08. The highest BCUT2D eigenvalue weighted by Crippen LogP contribution is 2.30. The topological polar surface area (TPSA) is 49.3 Å². The number of benzene rings is 2. The van der Waals surface area contributed by atoms with E-state index < -0.39 is 6.09 Å². The van der Waals surface area contributed by atoms with Gasteiger partial charge >= 0.3 is 6.09 Å². The Labute approximate surface area is 108 Å². The Morgan fingerprint density at radius 1 is 1.22 bits per heavy atom. The zero-order chi connectivity index (χ0) is 13.1. The largest absolute Gasteiger partial charge is 0.465 e. The van der Waals surface area contributed by atoms with Crippen molar-refractivity contribution in [2.75, 3.05) is 5.32 Å². The van der Waals surface area contributed by atoms with Gasteiger partial charge < -0.3 is 5.11 Å². The number of hydrogen-bond acceptors (Lipinski definition) is 1. The molecule has 0 saturated carbocycles. The molecule has 0 aliphatic carbocycles. The minimum Gasteiger partial charge on any atom is -0.465 e. The lowest BCUT2D eigenvalue weighted by molar-refractivity contribution is 0.210. The van der Waals surface area contributed by atoms with Crippen LogP contribution in [0.5, 0.6) is 0 Å². The Kier molecular flexibility index (Phi) is 3.48. The summed E-state index contributed by atoms with van der Waals surface area (Å²) in [6, 6.07) is 10.6. The summed E-state index contributed by atoms with van der Waals surface area (Å²) in [6.45, 7) is 0. The Hall–Kier alpha value is -2.07. The lowest BCUT2D eigenvalue weighted by Gasteiger charge is -2.10. The normalized spacial score (nSPS) is 10.1. The van der Waals surface area contributed by atoms with Gasteiger partial charge in [-0.2, -0.15) is 0 Å². The molecule has 0 aliphatic heterocycles. The zero-order valence-corrected chi connectivity index (χ0v) is 9.91. The van der Waals surface area contributed by atoms with Crippen LogP contribution in [-0.2, 0) is 0 Å². The number of carbonyl (C=O) groups is 1. The fourth-order valence-electron chi connectivity index (χ4n) is 1.64. The first-order chi connectivity index (χ1) is 8.56. The first-order valence-corrected chi connectivity index (χ1v) is 5.49. The van der Waals surface area contributed by atoms with Crippen LogP contribution in [0.4, 0.5) is 14.9 Å². The molecule has 0 spiro atoms. The molecular formula is C13H9ClFNO2. The molecule has 0 saturated heterocycles. The molecule has 92 valence electrons. The number of carboxylic acid groups (broad SMARTS) is 1. The second kappa shape index (κ2) is 5.06. The minimum absolute atomic E-state index is 0.320. The number of amides is 1. The predicted molar refractivity (Wildman–Crippen MR) is 68.5 cm³/mol. The first-order valence-electron chi connectivity index (χ1n) is 5.12. The Balaban J connectivity index is 2.52. The molecule has 18 heavy (non-hydrogen) atoms. The van der Waals surface area contributed by atoms with Crippen LogP contribution in [0.3, 0.4) is 0 Å². The number of hydrogen-bond donors (Lipinski definition) is 2. The molecule has 2 rings (SSSR count). The average Bonchev–Trinajstić information content (AvgIpc) is 2.28. The van der Waals surface area contributed by atoms with E-state index in [4.69, 9.17) is 16.7 Å². The highest BCUT2D eigenvalue weighted by Gasteiger charge is 2.09. The molecule has 0 aromatic heterocycles. The fourth-order valence-corrected chi connectivity index (χ4v) is 1.81. The van der Waals surface area contributed by atoms with Crippen LogP contribution in [0, 0.1) is 5.82 Å². The molecule has 3 nitrogen and oxygen atoms in total. The third kappa shape index (κ3) is 2.78. The third-order valence-corrected chi connectivity index (χ3v) is 2.59. The van der Waals surface area contributed by atoms with Gasteiger partial charge in [0.2, 0.25) is 0 Å². The minimum atomic E-state index is -1.20. The maximum Gasteiger partial charge on any atom is 0.409 e. The van der Waals surface area contributed by atoms with E-state index in [0.29, 0.717) is 21.8 Å². The van der Waals surface area contributed by atoms with E-state index in [1.54, 1.807) is 24.3 Å². The SMILES string of the molecule is O=C(O)Nc1cc(Cl)ccc1-c1cccc(F)c1. The second-order valence-electron chi connectivity index (χ2n) is 3.63. The number of anilines is 1. The molecule has 0 radical (unpaired) electrons. The van der Waals surface area contributed by atoms with Gasteiger partial charge in [-0.1, -0.05) is 29.8 Å². The fraction of sp³-hybridized carbons (Fsp3) is 0. The third-order valence-electron chi connectivity index (χ3n) is 2.36. The van der Waals surface area contributed by atoms with Crippen molar-refractivity contribution in [1.29, 1.82) is 0 Å². The van der Waals surface area contributed by atoms with Crippen molar-refractivity contribution in [3.8, 4) is 11.1 Å². The molecule has 0 fully saturated rings. The van der Waals surface area contributed by atoms with Crippen molar-refractivity contribution in [3.05, 3.63) is 53.3 Å². The molecule has 5 heteroatoms. The molecule has 0 heterocycles. The van der Waals surface area contributed by atoms with Crippen molar-refractivity contribution in [1.82, 2.24) is 0 Å². The highest BCUT2D eigenvalue weighted by molar-refractivity contribution is 6.31. The summed E-state index contributed by atoms with van der Waals surface area (Å²) in [5.41, 5.74) is 1.47. The van der Waals surface area contributed by atoms with Crippen LogP contribution in [-0.4, -0.2) is 11.2 Å². The number of nitrogens with one attached hydrogen (secondary N) is 1. The van der Waals surface area contributed by atoms with E-state index in [2.05, 4.69) is 5.32 Å². The first kappa shape index (κ1) is 12.4. The van der Waals surface area contributed by atoms with E-state index in [1.165, 1.54) is 18.2 Å². The van der Waals surface area contributed by atoms with Crippen LogP contribution in [0.1, 0.15) is 0 Å². The molecule has 1 amide bonds. The van der Waals surface area contributed by atoms with Crippen molar-refractivity contribution in [2.45, 2.75) is 0 Å². The summed E-state index contributed by atoms with van der Waals surface area (Å²) in [7, 11) is 0. The van der Waals surface area contributed by atoms with E-state index in [9.17, 15) is 9.18 Å². The monoisotopic (exact) mass is 265 g/mol. The molecule has 0 bridgehead atoms. The summed E-state index contributed by atoms with van der Waals surface area (Å²) in [5.74, 6) is -0.385. The summed E-state index contributed by atoms with van der Waals surface area (Å²) in [4.78, 5) is 10.7. The van der Waals surface area contributed by atoms with Crippen LogP contribution in [0.2, 0.25) is 5.02 Å². The van der Waals surface area contributed by atoms with Gasteiger partial charge in [0, 0.05) is 10.6 Å². The lowest BCUT2D eigenvalue weighted by atomic mass is 10.0. The van der Waals surface area contributed by atoms with Crippen molar-refractivity contribution in [3.63, 3.8) is 0 Å². The molecular weight excluding hydrogens is 257 g/mol. The van der Waals surface area contributed by atoms with Crippen molar-refractivity contribution >= 4 is 23.4 Å². The standard InChI is InChI=1S/C13H9ClFNO2/c14-9-4-5-11(12(7-9)16-13(17)18)8-2-1-3-10(15)6-8/h1-7,16H,(H,17,18). The van der Waals surface area contributed by atoms with Crippen LogP contribution in [0.15, 0.2) is 42.5 Å². The Morgan fingerprint density at radius 2 is 2.00 bits per heavy atom. The smallest absolute Gasteiger partial charge is 0.409 e. The van der Waals surface area contributed by atoms with Crippen molar-refractivity contribution in [2.24, 2.45) is 0 Å². The maximum atomic E-state index is 13.2. The highest BCUT2D eigenvalue weighted by atomic mass is 35.5. The number of halogens is 2. The maximum absolute atomic E-state index is 13.2. The van der Waals surface area contributed by atoms with Gasteiger partial charge in [-0.25, -0.2) is 9.18 Å². The number of rotatable bonds is 2. The van der Waals surface area contributed by atoms with E-state index in [-0.39, 0.29) is 5.82 Å². The Morgan fingerprint density at radius 3 is 2.67 bits per heavy atom. The van der Waals surface area contributed by atoms with Gasteiger partial charge in [-0.3, -0.25) is 5.32 Å². The van der Waals surface area contributed by atoms with Crippen LogP contribution < -0.4 is 5.32 Å². The molecule has 2 aromatic rings. The van der Waals surface area contributed by atoms with Crippen LogP contribution in [0.25, 0.3) is 11.1 Å². The predicted octanol–water partition coefficient (Wildman–Crippen LogP) is 4.24. The molecule has 2 N–H and O–H groups in total. The summed E-state index contributed by atoms with van der Waals surface area (Å²) < 4.78 is 13.2. The summed E-state index contributed by atoms with van der Waals surface area (Å²) >= 11 is 5.81. The van der Waals surface area contributed by atoms with Gasteiger partial charge in [-0.15, -0.1) is 0 Å². The van der Waals surface area contributed by atoms with Gasteiger partial charge in [0.05, 0.1) is 5.69 Å². The van der Waals surface area contributed by atoms with Gasteiger partial charge in [0.1, 0.15) is 5.82 Å². The Bertz CT molecular complexity index is 601. The summed E-state index contributed by atoms with van der Waals surface area (Å²) in [5, 5.41) is 11.4. The second-order valence-corrected chi connectivity index (χ2v) is 4.07. The molecule has 2 aromatic carbocycles. The van der Waals surface area contributed by atoms with Gasteiger partial charge in [-0.05, 0) is 29.8 Å². The molecule has 0 aliphatic rings. The van der Waals surface area contributed by atoms with Gasteiger partial charge in [0.25, 0.3) is 0 Å². The van der Waals surface area contributed by atoms with Gasteiger partial charge in [0.15, 0.2) is 0 Å². The van der Waals surface area contributed by atoms with E-state index in [1.807, 2.05) is 0 Å². The van der Waals surface area contributed by atoms with E-state index >= 15 is 0 Å². The summed E-state index contributed by atoms with van der Waals surface area (Å²) in [6.07, 6.45) is -1.20. The van der Waals surface area contributed by atoms with Crippen molar-refractivity contribution < 1.29 is 14.3 Å². The zero-order valence-electron chi connectivity index (χ0n) is 9.15. The quantitative estimate of drug-likeness (QED) is 0.853. The van der Waals surface area contributed by atoms with E-state index in [0.717, 1.165) is 0 Å². The molecule has 0 unspecified atom stereocenters.